The van der Waals surface area contributed by atoms with Crippen LogP contribution in [-0.2, 0) is 4.79 Å². The summed E-state index contributed by atoms with van der Waals surface area (Å²) in [6.07, 6.45) is 5.47. The Morgan fingerprint density at radius 2 is 1.88 bits per heavy atom. The molecule has 8 nitrogen and oxygen atoms in total. The summed E-state index contributed by atoms with van der Waals surface area (Å²) in [5.41, 5.74) is 7.46. The van der Waals surface area contributed by atoms with Gasteiger partial charge in [-0.25, -0.2) is 9.97 Å². The molecule has 0 spiro atoms. The number of hydrogen-bond acceptors (Lipinski definition) is 7. The summed E-state index contributed by atoms with van der Waals surface area (Å²) in [6, 6.07) is 16.8. The monoisotopic (exact) mass is 442 g/mol. The van der Waals surface area contributed by atoms with Gasteiger partial charge in [-0.05, 0) is 55.8 Å². The Kier molecular flexibility index (Phi) is 6.64. The van der Waals surface area contributed by atoms with Crippen molar-refractivity contribution >= 4 is 23.3 Å². The van der Waals surface area contributed by atoms with Crippen molar-refractivity contribution < 1.29 is 9.53 Å². The Morgan fingerprint density at radius 1 is 1.15 bits per heavy atom. The van der Waals surface area contributed by atoms with Crippen molar-refractivity contribution in [1.82, 2.24) is 14.9 Å². The van der Waals surface area contributed by atoms with Gasteiger partial charge in [0.1, 0.15) is 29.5 Å². The third-order valence-electron chi connectivity index (χ3n) is 5.40. The number of carbonyl (C=O) groups excluding carboxylic acids is 1. The molecule has 8 heteroatoms. The van der Waals surface area contributed by atoms with Crippen molar-refractivity contribution in [2.24, 2.45) is 0 Å². The zero-order valence-corrected chi connectivity index (χ0v) is 18.4. The van der Waals surface area contributed by atoms with E-state index in [1.807, 2.05) is 61.5 Å². The van der Waals surface area contributed by atoms with Gasteiger partial charge in [0.05, 0.1) is 11.3 Å². The number of benzene rings is 2. The molecule has 2 aromatic carbocycles. The van der Waals surface area contributed by atoms with E-state index < -0.39 is 0 Å². The first kappa shape index (κ1) is 22.0. The number of hydrogen-bond donors (Lipinski definition) is 3. The first-order valence-electron chi connectivity index (χ1n) is 10.8. The van der Waals surface area contributed by atoms with Gasteiger partial charge in [-0.1, -0.05) is 24.3 Å². The SMILES string of the molecule is C/C=C/C(=O)N1CCC(Nc2ncnc(N)c2C(=N)c2ccc(Oc3ccccc3)cc2)C1. The molecule has 1 aromatic heterocycles. The molecule has 4 rings (SSSR count). The van der Waals surface area contributed by atoms with E-state index in [9.17, 15) is 4.79 Å². The lowest BCUT2D eigenvalue weighted by Gasteiger charge is -2.18. The molecule has 0 aliphatic carbocycles. The quantitative estimate of drug-likeness (QED) is 0.378. The third-order valence-corrected chi connectivity index (χ3v) is 5.40. The first-order chi connectivity index (χ1) is 16.0. The number of para-hydroxylation sites is 1. The lowest BCUT2D eigenvalue weighted by atomic mass is 10.0. The summed E-state index contributed by atoms with van der Waals surface area (Å²) in [4.78, 5) is 22.3. The predicted octanol–water partition coefficient (Wildman–Crippen LogP) is 3.86. The number of carbonyl (C=O) groups is 1. The van der Waals surface area contributed by atoms with Crippen LogP contribution in [0.25, 0.3) is 0 Å². The van der Waals surface area contributed by atoms with Crippen LogP contribution < -0.4 is 15.8 Å². The fraction of sp³-hybridized carbons (Fsp3) is 0.200. The largest absolute Gasteiger partial charge is 0.457 e. The zero-order chi connectivity index (χ0) is 23.2. The van der Waals surface area contributed by atoms with E-state index in [2.05, 4.69) is 15.3 Å². The minimum atomic E-state index is -0.00483. The molecule has 1 fully saturated rings. The van der Waals surface area contributed by atoms with E-state index in [0.717, 1.165) is 12.2 Å². The number of nitrogen functional groups attached to an aromatic ring is 1. The molecule has 0 radical (unpaired) electrons. The van der Waals surface area contributed by atoms with Crippen LogP contribution in [0.1, 0.15) is 24.5 Å². The first-order valence-corrected chi connectivity index (χ1v) is 10.8. The summed E-state index contributed by atoms with van der Waals surface area (Å²) in [7, 11) is 0. The molecule has 168 valence electrons. The summed E-state index contributed by atoms with van der Waals surface area (Å²) in [5, 5.41) is 12.1. The molecule has 1 amide bonds. The van der Waals surface area contributed by atoms with Gasteiger partial charge in [-0.15, -0.1) is 0 Å². The van der Waals surface area contributed by atoms with Crippen LogP contribution in [-0.4, -0.2) is 45.6 Å². The van der Waals surface area contributed by atoms with E-state index >= 15 is 0 Å². The molecule has 1 saturated heterocycles. The van der Waals surface area contributed by atoms with Crippen molar-refractivity contribution in [3.8, 4) is 11.5 Å². The number of rotatable bonds is 7. The Bertz CT molecular complexity index is 1160. The molecule has 1 atom stereocenters. The average molecular weight is 443 g/mol. The number of ether oxygens (including phenoxy) is 1. The number of nitrogens with two attached hydrogens (primary N) is 1. The molecule has 4 N–H and O–H groups in total. The van der Waals surface area contributed by atoms with E-state index in [-0.39, 0.29) is 23.5 Å². The Hall–Kier alpha value is -4.20. The van der Waals surface area contributed by atoms with Crippen molar-refractivity contribution in [3.05, 3.63) is 84.2 Å². The van der Waals surface area contributed by atoms with E-state index in [4.69, 9.17) is 15.9 Å². The van der Waals surface area contributed by atoms with Crippen LogP contribution in [0.5, 0.6) is 11.5 Å². The van der Waals surface area contributed by atoms with Crippen LogP contribution in [0.2, 0.25) is 0 Å². The van der Waals surface area contributed by atoms with Crippen LogP contribution >= 0.6 is 0 Å². The minimum absolute atomic E-state index is 0.00483. The maximum absolute atomic E-state index is 12.1. The number of nitrogens with one attached hydrogen (secondary N) is 2. The topological polar surface area (TPSA) is 117 Å². The zero-order valence-electron chi connectivity index (χ0n) is 18.4. The maximum atomic E-state index is 12.1. The van der Waals surface area contributed by atoms with Gasteiger partial charge in [-0.3, -0.25) is 10.2 Å². The van der Waals surface area contributed by atoms with Crippen molar-refractivity contribution in [2.45, 2.75) is 19.4 Å². The fourth-order valence-electron chi connectivity index (χ4n) is 3.73. The highest BCUT2D eigenvalue weighted by Crippen LogP contribution is 2.26. The number of anilines is 2. The van der Waals surface area contributed by atoms with Gasteiger partial charge in [0, 0.05) is 24.7 Å². The number of likely N-dealkylation sites (tertiary alicyclic amines) is 1. The van der Waals surface area contributed by atoms with Gasteiger partial charge >= 0.3 is 0 Å². The van der Waals surface area contributed by atoms with Gasteiger partial charge in [0.2, 0.25) is 5.91 Å². The molecule has 33 heavy (non-hydrogen) atoms. The van der Waals surface area contributed by atoms with Crippen molar-refractivity contribution in [2.75, 3.05) is 24.1 Å². The van der Waals surface area contributed by atoms with Crippen LogP contribution in [0.4, 0.5) is 11.6 Å². The van der Waals surface area contributed by atoms with Crippen LogP contribution in [0.3, 0.4) is 0 Å². The average Bonchev–Trinajstić information content (AvgIpc) is 3.29. The van der Waals surface area contributed by atoms with E-state index in [0.29, 0.717) is 35.8 Å². The van der Waals surface area contributed by atoms with E-state index in [1.165, 1.54) is 6.33 Å². The molecule has 1 unspecified atom stereocenters. The van der Waals surface area contributed by atoms with Crippen molar-refractivity contribution in [1.29, 1.82) is 5.41 Å². The van der Waals surface area contributed by atoms with Gasteiger partial charge in [-0.2, -0.15) is 0 Å². The smallest absolute Gasteiger partial charge is 0.246 e. The number of amides is 1. The summed E-state index contributed by atoms with van der Waals surface area (Å²) >= 11 is 0. The molecular weight excluding hydrogens is 416 g/mol. The molecule has 0 bridgehead atoms. The molecule has 3 aromatic rings. The maximum Gasteiger partial charge on any atom is 0.246 e. The second-order valence-electron chi connectivity index (χ2n) is 7.71. The van der Waals surface area contributed by atoms with Gasteiger partial charge < -0.3 is 20.7 Å². The van der Waals surface area contributed by atoms with Crippen LogP contribution in [0, 0.1) is 5.41 Å². The number of nitrogens with zero attached hydrogens (tertiary/aromatic N) is 3. The number of allylic oxidation sites excluding steroid dienone is 1. The molecule has 2 heterocycles. The Morgan fingerprint density at radius 3 is 2.61 bits per heavy atom. The molecule has 1 aliphatic rings. The second kappa shape index (κ2) is 9.95. The standard InChI is InChI=1S/C25H26N6O2/c1-2-6-21(32)31-14-13-18(15-31)30-25-22(24(27)28-16-29-25)23(26)17-9-11-20(12-10-17)33-19-7-4-3-5-8-19/h2-12,16,18,26H,13-15H2,1H3,(H3,27,28,29,30)/b6-2+,26-23?. The predicted molar refractivity (Wildman–Crippen MR) is 129 cm³/mol. The lowest BCUT2D eigenvalue weighted by molar-refractivity contribution is -0.125. The highest BCUT2D eigenvalue weighted by atomic mass is 16.5. The van der Waals surface area contributed by atoms with Crippen LogP contribution in [0.15, 0.2) is 73.1 Å². The Balaban J connectivity index is 1.50. The van der Waals surface area contributed by atoms with E-state index in [1.54, 1.807) is 17.1 Å². The normalized spacial score (nSPS) is 15.5. The molecular formula is C25H26N6O2. The minimum Gasteiger partial charge on any atom is -0.457 e. The fourth-order valence-corrected chi connectivity index (χ4v) is 3.73. The Labute approximate surface area is 192 Å². The third kappa shape index (κ3) is 5.17. The highest BCUT2D eigenvalue weighted by Gasteiger charge is 2.27. The molecule has 0 saturated carbocycles. The highest BCUT2D eigenvalue weighted by molar-refractivity contribution is 6.16. The summed E-state index contributed by atoms with van der Waals surface area (Å²) < 4.78 is 5.83. The number of aromatic nitrogens is 2. The van der Waals surface area contributed by atoms with Gasteiger partial charge in [0.25, 0.3) is 0 Å². The van der Waals surface area contributed by atoms with Gasteiger partial charge in [0.15, 0.2) is 0 Å². The molecule has 1 aliphatic heterocycles. The second-order valence-corrected chi connectivity index (χ2v) is 7.71. The summed E-state index contributed by atoms with van der Waals surface area (Å²) in [5.74, 6) is 2.12. The summed E-state index contributed by atoms with van der Waals surface area (Å²) in [6.45, 7) is 3.05. The lowest BCUT2D eigenvalue weighted by Crippen LogP contribution is -2.31. The van der Waals surface area contributed by atoms with Crippen molar-refractivity contribution in [3.63, 3.8) is 0 Å².